The Balaban J connectivity index is 1.74. The molecule has 0 saturated carbocycles. The number of amides is 2. The summed E-state index contributed by atoms with van der Waals surface area (Å²) in [4.78, 5) is 28.0. The molecule has 0 spiro atoms. The Labute approximate surface area is 146 Å². The molecule has 0 aromatic heterocycles. The van der Waals surface area contributed by atoms with Gasteiger partial charge in [-0.2, -0.15) is 0 Å². The molecule has 5 heteroatoms. The van der Waals surface area contributed by atoms with Crippen LogP contribution in [-0.4, -0.2) is 29.8 Å². The topological polar surface area (TPSA) is 40.6 Å². The minimum absolute atomic E-state index is 0.0505. The molecule has 2 aromatic carbocycles. The molecule has 0 atom stereocenters. The summed E-state index contributed by atoms with van der Waals surface area (Å²) in [6.45, 7) is 2.52. The molecule has 2 amide bonds. The van der Waals surface area contributed by atoms with Crippen LogP contribution in [0.2, 0.25) is 5.02 Å². The van der Waals surface area contributed by atoms with E-state index < -0.39 is 0 Å². The van der Waals surface area contributed by atoms with E-state index >= 15 is 0 Å². The van der Waals surface area contributed by atoms with E-state index in [1.54, 1.807) is 11.0 Å². The molecule has 24 heavy (non-hydrogen) atoms. The predicted octanol–water partition coefficient (Wildman–Crippen LogP) is 3.28. The summed E-state index contributed by atoms with van der Waals surface area (Å²) in [5.41, 5.74) is 2.96. The van der Waals surface area contributed by atoms with Crippen LogP contribution in [0.25, 0.3) is 0 Å². The van der Waals surface area contributed by atoms with Crippen molar-refractivity contribution in [3.05, 3.63) is 64.7 Å². The maximum atomic E-state index is 12.7. The van der Waals surface area contributed by atoms with Gasteiger partial charge in [-0.15, -0.1) is 0 Å². The average Bonchev–Trinajstić information content (AvgIpc) is 3.00. The number of carbonyl (C=O) groups excluding carboxylic acids is 2. The minimum atomic E-state index is -0.143. The standard InChI is InChI=1S/C19H19ClN2O2/c1-14(23)21(12-16-7-2-4-8-17(16)20)13-19(24)22-11-10-15-6-3-5-9-18(15)22/h2-9H,10-13H2,1H3. The summed E-state index contributed by atoms with van der Waals surface area (Å²) >= 11 is 6.17. The van der Waals surface area contributed by atoms with Crippen LogP contribution < -0.4 is 4.90 Å². The fourth-order valence-corrected chi connectivity index (χ4v) is 3.15. The molecular weight excluding hydrogens is 324 g/mol. The molecule has 0 unspecified atom stereocenters. The van der Waals surface area contributed by atoms with Crippen molar-refractivity contribution in [2.75, 3.05) is 18.0 Å². The van der Waals surface area contributed by atoms with E-state index in [2.05, 4.69) is 0 Å². The zero-order valence-corrected chi connectivity index (χ0v) is 14.3. The number of nitrogens with zero attached hydrogens (tertiary/aromatic N) is 2. The molecule has 0 radical (unpaired) electrons. The Kier molecular flexibility index (Phi) is 4.86. The Morgan fingerprint density at radius 1 is 1.12 bits per heavy atom. The summed E-state index contributed by atoms with van der Waals surface area (Å²) < 4.78 is 0. The van der Waals surface area contributed by atoms with Gasteiger partial charge in [0.2, 0.25) is 11.8 Å². The lowest BCUT2D eigenvalue weighted by molar-refractivity contribution is -0.134. The second-order valence-corrected chi connectivity index (χ2v) is 6.30. The smallest absolute Gasteiger partial charge is 0.246 e. The lowest BCUT2D eigenvalue weighted by Crippen LogP contribution is -2.41. The quantitative estimate of drug-likeness (QED) is 0.855. The first-order chi connectivity index (χ1) is 11.6. The molecule has 0 bridgehead atoms. The first-order valence-electron chi connectivity index (χ1n) is 7.93. The van der Waals surface area contributed by atoms with Crippen molar-refractivity contribution in [1.29, 1.82) is 0 Å². The largest absolute Gasteiger partial charge is 0.329 e. The van der Waals surface area contributed by atoms with Crippen molar-refractivity contribution in [3.8, 4) is 0 Å². The van der Waals surface area contributed by atoms with E-state index in [1.807, 2.05) is 42.5 Å². The van der Waals surface area contributed by atoms with E-state index in [-0.39, 0.29) is 18.4 Å². The van der Waals surface area contributed by atoms with E-state index in [1.165, 1.54) is 17.4 Å². The zero-order valence-electron chi connectivity index (χ0n) is 13.5. The van der Waals surface area contributed by atoms with E-state index in [0.29, 0.717) is 18.1 Å². The molecule has 2 aromatic rings. The second kappa shape index (κ2) is 7.05. The fraction of sp³-hybridized carbons (Fsp3) is 0.263. The third kappa shape index (κ3) is 3.44. The van der Waals surface area contributed by atoms with Crippen molar-refractivity contribution >= 4 is 29.1 Å². The highest BCUT2D eigenvalue weighted by Crippen LogP contribution is 2.27. The summed E-state index contributed by atoms with van der Waals surface area (Å²) in [5, 5.41) is 0.600. The molecule has 0 aliphatic carbocycles. The molecule has 0 N–H and O–H groups in total. The van der Waals surface area contributed by atoms with E-state index in [0.717, 1.165) is 17.7 Å². The van der Waals surface area contributed by atoms with Gasteiger partial charge in [-0.05, 0) is 29.7 Å². The second-order valence-electron chi connectivity index (χ2n) is 5.89. The normalized spacial score (nSPS) is 12.8. The molecule has 3 rings (SSSR count). The van der Waals surface area contributed by atoms with Crippen LogP contribution in [0.5, 0.6) is 0 Å². The highest BCUT2D eigenvalue weighted by Gasteiger charge is 2.26. The van der Waals surface area contributed by atoms with E-state index in [9.17, 15) is 9.59 Å². The van der Waals surface area contributed by atoms with Crippen molar-refractivity contribution in [1.82, 2.24) is 4.90 Å². The SMILES string of the molecule is CC(=O)N(CC(=O)N1CCc2ccccc21)Cc1ccccc1Cl. The van der Waals surface area contributed by atoms with Crippen LogP contribution in [-0.2, 0) is 22.6 Å². The van der Waals surface area contributed by atoms with Gasteiger partial charge in [0.05, 0.1) is 0 Å². The number of fused-ring (bicyclic) bond motifs is 1. The highest BCUT2D eigenvalue weighted by molar-refractivity contribution is 6.31. The van der Waals surface area contributed by atoms with Crippen molar-refractivity contribution in [2.45, 2.75) is 19.9 Å². The van der Waals surface area contributed by atoms with Crippen LogP contribution in [0.1, 0.15) is 18.1 Å². The van der Waals surface area contributed by atoms with Crippen LogP contribution in [0.3, 0.4) is 0 Å². The maximum Gasteiger partial charge on any atom is 0.246 e. The van der Waals surface area contributed by atoms with E-state index in [4.69, 9.17) is 11.6 Å². The molecule has 1 heterocycles. The number of hydrogen-bond donors (Lipinski definition) is 0. The Morgan fingerprint density at radius 3 is 2.58 bits per heavy atom. The number of hydrogen-bond acceptors (Lipinski definition) is 2. The molecular formula is C19H19ClN2O2. The van der Waals surface area contributed by atoms with Crippen molar-refractivity contribution < 1.29 is 9.59 Å². The lowest BCUT2D eigenvalue weighted by atomic mass is 10.2. The minimum Gasteiger partial charge on any atom is -0.329 e. The summed E-state index contributed by atoms with van der Waals surface area (Å²) in [6, 6.07) is 15.3. The number of anilines is 1. The van der Waals surface area contributed by atoms with Crippen molar-refractivity contribution in [3.63, 3.8) is 0 Å². The van der Waals surface area contributed by atoms with Crippen LogP contribution in [0.4, 0.5) is 5.69 Å². The first kappa shape index (κ1) is 16.5. The van der Waals surface area contributed by atoms with Crippen LogP contribution in [0.15, 0.2) is 48.5 Å². The molecule has 1 aliphatic heterocycles. The van der Waals surface area contributed by atoms with Crippen LogP contribution >= 0.6 is 11.6 Å². The predicted molar refractivity (Wildman–Crippen MR) is 95.0 cm³/mol. The van der Waals surface area contributed by atoms with Gasteiger partial charge in [0.15, 0.2) is 0 Å². The third-order valence-electron chi connectivity index (χ3n) is 4.28. The van der Waals surface area contributed by atoms with Gasteiger partial charge in [-0.1, -0.05) is 48.0 Å². The van der Waals surface area contributed by atoms with Crippen molar-refractivity contribution in [2.24, 2.45) is 0 Å². The molecule has 0 fully saturated rings. The number of carbonyl (C=O) groups is 2. The Morgan fingerprint density at radius 2 is 1.83 bits per heavy atom. The summed E-state index contributed by atoms with van der Waals surface area (Å²) in [5.74, 6) is -0.210. The Bertz CT molecular complexity index is 775. The highest BCUT2D eigenvalue weighted by atomic mass is 35.5. The lowest BCUT2D eigenvalue weighted by Gasteiger charge is -2.25. The number of para-hydroxylation sites is 1. The average molecular weight is 343 g/mol. The fourth-order valence-electron chi connectivity index (χ4n) is 2.96. The van der Waals surface area contributed by atoms with Gasteiger partial charge in [-0.3, -0.25) is 9.59 Å². The molecule has 124 valence electrons. The van der Waals surface area contributed by atoms with Gasteiger partial charge < -0.3 is 9.80 Å². The van der Waals surface area contributed by atoms with Gasteiger partial charge in [0, 0.05) is 30.7 Å². The third-order valence-corrected chi connectivity index (χ3v) is 4.65. The summed E-state index contributed by atoms with van der Waals surface area (Å²) in [7, 11) is 0. The van der Waals surface area contributed by atoms with Crippen LogP contribution in [0, 0.1) is 0 Å². The maximum absolute atomic E-state index is 12.7. The van der Waals surface area contributed by atoms with Gasteiger partial charge >= 0.3 is 0 Å². The molecule has 4 nitrogen and oxygen atoms in total. The summed E-state index contributed by atoms with van der Waals surface area (Å²) in [6.07, 6.45) is 0.854. The number of benzene rings is 2. The number of halogens is 1. The van der Waals surface area contributed by atoms with Gasteiger partial charge in [-0.25, -0.2) is 0 Å². The molecule has 1 aliphatic rings. The zero-order chi connectivity index (χ0) is 17.1. The van der Waals surface area contributed by atoms with Gasteiger partial charge in [0.1, 0.15) is 6.54 Å². The first-order valence-corrected chi connectivity index (χ1v) is 8.31. The number of rotatable bonds is 4. The Hall–Kier alpha value is -2.33. The van der Waals surface area contributed by atoms with Gasteiger partial charge in [0.25, 0.3) is 0 Å². The monoisotopic (exact) mass is 342 g/mol. The molecule has 0 saturated heterocycles.